The number of carbonyl (C=O) groups is 1. The van der Waals surface area contributed by atoms with Crippen molar-refractivity contribution in [1.82, 2.24) is 14.5 Å². The number of urea groups is 1. The van der Waals surface area contributed by atoms with Gasteiger partial charge in [-0.3, -0.25) is 4.79 Å². The molecule has 1 aliphatic rings. The number of anilines is 2. The third-order valence-corrected chi connectivity index (χ3v) is 7.84. The number of fused-ring (bicyclic) bond motifs is 2. The van der Waals surface area contributed by atoms with Crippen molar-refractivity contribution < 1.29 is 9.53 Å². The number of amides is 2. The maximum Gasteiger partial charge on any atom is 0.322 e. The highest BCUT2D eigenvalue weighted by molar-refractivity contribution is 6.36. The van der Waals surface area contributed by atoms with Gasteiger partial charge in [-0.05, 0) is 58.8 Å². The van der Waals surface area contributed by atoms with Gasteiger partial charge in [-0.25, -0.2) is 14.3 Å². The molecule has 4 aromatic carbocycles. The lowest BCUT2D eigenvalue weighted by Crippen LogP contribution is -2.43. The molecule has 1 aromatic heterocycles. The number of aromatic nitrogens is 2. The quantitative estimate of drug-likeness (QED) is 0.221. The fourth-order valence-electron chi connectivity index (χ4n) is 5.03. The van der Waals surface area contributed by atoms with Crippen LogP contribution in [0.2, 0.25) is 10.0 Å². The predicted octanol–water partition coefficient (Wildman–Crippen LogP) is 6.90. The highest BCUT2D eigenvalue weighted by Crippen LogP contribution is 2.27. The third kappa shape index (κ3) is 5.64. The predicted molar refractivity (Wildman–Crippen MR) is 167 cm³/mol. The summed E-state index contributed by atoms with van der Waals surface area (Å²) in [7, 11) is 1.63. The van der Waals surface area contributed by atoms with Gasteiger partial charge in [0.25, 0.3) is 5.56 Å². The van der Waals surface area contributed by atoms with Gasteiger partial charge in [0.05, 0.1) is 41.3 Å². The number of nitrogens with zero attached hydrogens (tertiary/aromatic N) is 3. The first kappa shape index (κ1) is 27.6. The molecule has 5 aromatic rings. The van der Waals surface area contributed by atoms with Crippen molar-refractivity contribution in [3.05, 3.63) is 122 Å². The number of nitrogens with one attached hydrogen (secondary N) is 2. The van der Waals surface area contributed by atoms with Gasteiger partial charge in [0, 0.05) is 24.5 Å². The number of hydrogen-bond donors (Lipinski definition) is 2. The molecule has 0 aliphatic carbocycles. The Kier molecular flexibility index (Phi) is 7.73. The summed E-state index contributed by atoms with van der Waals surface area (Å²) in [6.07, 6.45) is 0.433. The van der Waals surface area contributed by atoms with E-state index in [2.05, 4.69) is 10.6 Å². The molecule has 0 fully saturated rings. The first-order valence-electron chi connectivity index (χ1n) is 13.4. The minimum atomic E-state index is -0.358. The molecule has 0 atom stereocenters. The number of methoxy groups -OCH3 is 1. The SMILES string of the molecule is COc1ccc(CNc2nc3c(c(=O)n2-c2ccc4ccccc4c2)CN(C(=O)Nc2ccc(Cl)cc2Cl)CC3)cc1. The number of rotatable bonds is 6. The summed E-state index contributed by atoms with van der Waals surface area (Å²) in [4.78, 5) is 33.8. The molecule has 8 nitrogen and oxygen atoms in total. The Balaban J connectivity index is 1.35. The zero-order valence-electron chi connectivity index (χ0n) is 22.7. The van der Waals surface area contributed by atoms with Crippen LogP contribution in [0, 0.1) is 0 Å². The van der Waals surface area contributed by atoms with Crippen molar-refractivity contribution in [2.75, 3.05) is 24.3 Å². The van der Waals surface area contributed by atoms with Crippen LogP contribution in [-0.4, -0.2) is 34.1 Å². The minimum absolute atomic E-state index is 0.116. The van der Waals surface area contributed by atoms with E-state index in [1.165, 1.54) is 0 Å². The molecule has 0 spiro atoms. The molecule has 0 bridgehead atoms. The Morgan fingerprint density at radius 1 is 0.976 bits per heavy atom. The van der Waals surface area contributed by atoms with E-state index in [9.17, 15) is 9.59 Å². The number of carbonyl (C=O) groups excluding carboxylic acids is 1. The van der Waals surface area contributed by atoms with Crippen molar-refractivity contribution >= 4 is 51.6 Å². The van der Waals surface area contributed by atoms with Crippen LogP contribution in [0.15, 0.2) is 89.7 Å². The van der Waals surface area contributed by atoms with Gasteiger partial charge in [0.15, 0.2) is 0 Å². The molecule has 0 radical (unpaired) electrons. The molecule has 10 heteroatoms. The molecule has 0 saturated heterocycles. The Morgan fingerprint density at radius 3 is 2.52 bits per heavy atom. The Bertz CT molecular complexity index is 1860. The van der Waals surface area contributed by atoms with Crippen molar-refractivity contribution in [2.45, 2.75) is 19.5 Å². The van der Waals surface area contributed by atoms with Gasteiger partial charge in [0.1, 0.15) is 5.75 Å². The Morgan fingerprint density at radius 2 is 1.76 bits per heavy atom. The van der Waals surface area contributed by atoms with E-state index < -0.39 is 0 Å². The van der Waals surface area contributed by atoms with Crippen molar-refractivity contribution in [2.24, 2.45) is 0 Å². The second kappa shape index (κ2) is 11.8. The number of benzene rings is 4. The van der Waals surface area contributed by atoms with Crippen molar-refractivity contribution in [1.29, 1.82) is 0 Å². The van der Waals surface area contributed by atoms with Crippen LogP contribution in [-0.2, 0) is 19.5 Å². The average molecular weight is 601 g/mol. The maximum atomic E-state index is 14.2. The second-order valence-electron chi connectivity index (χ2n) is 9.96. The first-order valence-corrected chi connectivity index (χ1v) is 14.2. The molecular formula is C32H27Cl2N5O3. The van der Waals surface area contributed by atoms with E-state index in [1.54, 1.807) is 34.8 Å². The average Bonchev–Trinajstić information content (AvgIpc) is 3.01. The van der Waals surface area contributed by atoms with Crippen LogP contribution in [0.1, 0.15) is 16.8 Å². The summed E-state index contributed by atoms with van der Waals surface area (Å²) in [5.41, 5.74) is 3.05. The molecule has 42 heavy (non-hydrogen) atoms. The summed E-state index contributed by atoms with van der Waals surface area (Å²) in [6, 6.07) is 26.1. The molecule has 212 valence electrons. The fourth-order valence-corrected chi connectivity index (χ4v) is 5.49. The smallest absolute Gasteiger partial charge is 0.322 e. The van der Waals surface area contributed by atoms with E-state index in [-0.39, 0.29) is 18.1 Å². The standard InChI is InChI=1S/C32H27Cl2N5O3/c1-42-25-11-6-20(7-12-25)18-35-31-36-28-14-15-38(32(41)37-29-13-9-23(33)17-27(29)34)19-26(28)30(40)39(31)24-10-8-21-4-2-3-5-22(21)16-24/h2-13,16-17H,14-15,18-19H2,1H3,(H,35,36)(H,37,41). The normalized spacial score (nSPS) is 12.6. The Labute approximate surface area is 252 Å². The van der Waals surface area contributed by atoms with Gasteiger partial charge >= 0.3 is 6.03 Å². The molecule has 2 heterocycles. The number of ether oxygens (including phenoxy) is 1. The molecule has 2 N–H and O–H groups in total. The molecule has 2 amide bonds. The second-order valence-corrected chi connectivity index (χ2v) is 10.8. The minimum Gasteiger partial charge on any atom is -0.497 e. The van der Waals surface area contributed by atoms with Gasteiger partial charge in [-0.2, -0.15) is 0 Å². The van der Waals surface area contributed by atoms with Crippen LogP contribution < -0.4 is 20.9 Å². The molecule has 0 unspecified atom stereocenters. The van der Waals surface area contributed by atoms with E-state index >= 15 is 0 Å². The number of hydrogen-bond acceptors (Lipinski definition) is 5. The summed E-state index contributed by atoms with van der Waals surface area (Å²) >= 11 is 12.3. The van der Waals surface area contributed by atoms with E-state index in [0.29, 0.717) is 58.1 Å². The van der Waals surface area contributed by atoms with Crippen LogP contribution >= 0.6 is 23.2 Å². The van der Waals surface area contributed by atoms with Gasteiger partial charge < -0.3 is 20.3 Å². The van der Waals surface area contributed by atoms with Gasteiger partial charge in [-0.15, -0.1) is 0 Å². The monoisotopic (exact) mass is 599 g/mol. The lowest BCUT2D eigenvalue weighted by molar-refractivity contribution is 0.205. The van der Waals surface area contributed by atoms with Crippen LogP contribution in [0.3, 0.4) is 0 Å². The van der Waals surface area contributed by atoms with E-state index in [1.807, 2.05) is 66.7 Å². The summed E-state index contributed by atoms with van der Waals surface area (Å²) in [5.74, 6) is 1.21. The van der Waals surface area contributed by atoms with Crippen LogP contribution in [0.25, 0.3) is 16.5 Å². The highest BCUT2D eigenvalue weighted by atomic mass is 35.5. The zero-order valence-corrected chi connectivity index (χ0v) is 24.2. The lowest BCUT2D eigenvalue weighted by atomic mass is 10.1. The molecule has 6 rings (SSSR count). The first-order chi connectivity index (χ1) is 20.4. The summed E-state index contributed by atoms with van der Waals surface area (Å²) in [6.45, 7) is 0.970. The molecule has 1 aliphatic heterocycles. The van der Waals surface area contributed by atoms with Crippen molar-refractivity contribution in [3.8, 4) is 11.4 Å². The van der Waals surface area contributed by atoms with Crippen LogP contribution in [0.4, 0.5) is 16.4 Å². The summed E-state index contributed by atoms with van der Waals surface area (Å²) < 4.78 is 6.86. The van der Waals surface area contributed by atoms with E-state index in [4.69, 9.17) is 32.9 Å². The number of halogens is 2. The zero-order chi connectivity index (χ0) is 29.2. The van der Waals surface area contributed by atoms with Gasteiger partial charge in [0.2, 0.25) is 5.95 Å². The van der Waals surface area contributed by atoms with Gasteiger partial charge in [-0.1, -0.05) is 65.7 Å². The molecular weight excluding hydrogens is 573 g/mol. The highest BCUT2D eigenvalue weighted by Gasteiger charge is 2.27. The largest absolute Gasteiger partial charge is 0.497 e. The fraction of sp³-hybridized carbons (Fsp3) is 0.156. The Hall–Kier alpha value is -4.53. The van der Waals surface area contributed by atoms with E-state index in [0.717, 1.165) is 22.1 Å². The van der Waals surface area contributed by atoms with Crippen molar-refractivity contribution in [3.63, 3.8) is 0 Å². The lowest BCUT2D eigenvalue weighted by Gasteiger charge is -2.29. The van der Waals surface area contributed by atoms with Crippen LogP contribution in [0.5, 0.6) is 5.75 Å². The molecule has 0 saturated carbocycles. The third-order valence-electron chi connectivity index (χ3n) is 7.29. The topological polar surface area (TPSA) is 88.5 Å². The summed E-state index contributed by atoms with van der Waals surface area (Å²) in [5, 5.41) is 9.08. The maximum absolute atomic E-state index is 14.2.